The Balaban J connectivity index is 1.71. The Labute approximate surface area is 147 Å². The molecule has 0 spiro atoms. The molecule has 3 atom stereocenters. The predicted molar refractivity (Wildman–Crippen MR) is 93.9 cm³/mol. The van der Waals surface area contributed by atoms with Crippen molar-refractivity contribution in [3.63, 3.8) is 0 Å². The maximum atomic E-state index is 9.93. The first kappa shape index (κ1) is 17.7. The van der Waals surface area contributed by atoms with E-state index < -0.39 is 12.4 Å². The summed E-state index contributed by atoms with van der Waals surface area (Å²) in [6.45, 7) is -0.121. The molecule has 1 unspecified atom stereocenters. The highest BCUT2D eigenvalue weighted by atomic mass is 16.7. The second kappa shape index (κ2) is 8.34. The molecule has 134 valence electrons. The third kappa shape index (κ3) is 4.72. The van der Waals surface area contributed by atoms with Crippen molar-refractivity contribution in [2.75, 3.05) is 13.7 Å². The Bertz CT molecular complexity index is 670. The Morgan fingerprint density at radius 2 is 1.84 bits per heavy atom. The second-order valence-corrected chi connectivity index (χ2v) is 6.25. The van der Waals surface area contributed by atoms with Crippen LogP contribution in [0.3, 0.4) is 0 Å². The third-order valence-corrected chi connectivity index (χ3v) is 4.33. The average Bonchev–Trinajstić information content (AvgIpc) is 2.63. The summed E-state index contributed by atoms with van der Waals surface area (Å²) in [4.78, 5) is 0. The summed E-state index contributed by atoms with van der Waals surface area (Å²) in [6.07, 6.45) is 0.0842. The van der Waals surface area contributed by atoms with Gasteiger partial charge in [0.15, 0.2) is 0 Å². The van der Waals surface area contributed by atoms with Crippen LogP contribution in [0.15, 0.2) is 48.5 Å². The van der Waals surface area contributed by atoms with E-state index in [0.29, 0.717) is 12.8 Å². The van der Waals surface area contributed by atoms with E-state index in [1.54, 1.807) is 7.11 Å². The molecule has 0 saturated carbocycles. The molecule has 5 heteroatoms. The molecule has 0 aromatic heterocycles. The Morgan fingerprint density at radius 3 is 2.56 bits per heavy atom. The van der Waals surface area contributed by atoms with Gasteiger partial charge >= 0.3 is 0 Å². The van der Waals surface area contributed by atoms with Crippen LogP contribution < -0.4 is 9.47 Å². The molecule has 0 radical (unpaired) electrons. The fourth-order valence-corrected chi connectivity index (χ4v) is 3.01. The summed E-state index contributed by atoms with van der Waals surface area (Å²) in [5, 5.41) is 19.2. The number of hydrogen-bond acceptors (Lipinski definition) is 5. The number of aliphatic hydroxyl groups excluding tert-OH is 2. The number of para-hydroxylation sites is 1. The molecule has 5 nitrogen and oxygen atoms in total. The van der Waals surface area contributed by atoms with E-state index in [2.05, 4.69) is 0 Å². The monoisotopic (exact) mass is 344 g/mol. The van der Waals surface area contributed by atoms with Crippen LogP contribution in [0, 0.1) is 0 Å². The SMILES string of the molecule is COc1ccc(Cc2ccccc2OC2C[C@@H](O)C[C@@H](CO)O2)cc1. The van der Waals surface area contributed by atoms with Crippen LogP contribution in [0.5, 0.6) is 11.5 Å². The number of ether oxygens (including phenoxy) is 3. The van der Waals surface area contributed by atoms with Gasteiger partial charge < -0.3 is 24.4 Å². The van der Waals surface area contributed by atoms with Crippen molar-refractivity contribution in [1.29, 1.82) is 0 Å². The van der Waals surface area contributed by atoms with Crippen LogP contribution in [-0.2, 0) is 11.2 Å². The highest BCUT2D eigenvalue weighted by molar-refractivity contribution is 5.39. The summed E-state index contributed by atoms with van der Waals surface area (Å²) in [7, 11) is 1.65. The summed E-state index contributed by atoms with van der Waals surface area (Å²) in [5.41, 5.74) is 2.19. The van der Waals surface area contributed by atoms with Crippen molar-refractivity contribution in [1.82, 2.24) is 0 Å². The minimum Gasteiger partial charge on any atom is -0.497 e. The highest BCUT2D eigenvalue weighted by Crippen LogP contribution is 2.27. The van der Waals surface area contributed by atoms with Gasteiger partial charge in [0.1, 0.15) is 11.5 Å². The Morgan fingerprint density at radius 1 is 1.08 bits per heavy atom. The van der Waals surface area contributed by atoms with Gasteiger partial charge in [-0.05, 0) is 29.3 Å². The Kier molecular flexibility index (Phi) is 5.91. The first-order valence-corrected chi connectivity index (χ1v) is 8.50. The van der Waals surface area contributed by atoms with E-state index in [9.17, 15) is 10.2 Å². The summed E-state index contributed by atoms with van der Waals surface area (Å²) >= 11 is 0. The normalized spacial score (nSPS) is 23.2. The summed E-state index contributed by atoms with van der Waals surface area (Å²) in [6, 6.07) is 15.7. The molecule has 0 bridgehead atoms. The lowest BCUT2D eigenvalue weighted by molar-refractivity contribution is -0.184. The third-order valence-electron chi connectivity index (χ3n) is 4.33. The zero-order chi connectivity index (χ0) is 17.6. The van der Waals surface area contributed by atoms with E-state index in [1.807, 2.05) is 48.5 Å². The van der Waals surface area contributed by atoms with Gasteiger partial charge in [-0.2, -0.15) is 0 Å². The van der Waals surface area contributed by atoms with Gasteiger partial charge in [-0.3, -0.25) is 0 Å². The number of benzene rings is 2. The van der Waals surface area contributed by atoms with Crippen molar-refractivity contribution in [2.45, 2.75) is 37.8 Å². The lowest BCUT2D eigenvalue weighted by Crippen LogP contribution is -2.40. The predicted octanol–water partition coefficient (Wildman–Crippen LogP) is 2.52. The zero-order valence-electron chi connectivity index (χ0n) is 14.3. The van der Waals surface area contributed by atoms with Crippen LogP contribution in [0.25, 0.3) is 0 Å². The van der Waals surface area contributed by atoms with E-state index in [1.165, 1.54) is 0 Å². The molecular weight excluding hydrogens is 320 g/mol. The van der Waals surface area contributed by atoms with E-state index in [-0.39, 0.29) is 12.7 Å². The minimum atomic E-state index is -0.557. The molecule has 1 heterocycles. The van der Waals surface area contributed by atoms with Crippen LogP contribution in [0.4, 0.5) is 0 Å². The van der Waals surface area contributed by atoms with Crippen LogP contribution in [-0.4, -0.2) is 42.4 Å². The number of methoxy groups -OCH3 is 1. The second-order valence-electron chi connectivity index (χ2n) is 6.25. The van der Waals surface area contributed by atoms with Gasteiger partial charge in [0, 0.05) is 19.3 Å². The van der Waals surface area contributed by atoms with Crippen molar-refractivity contribution >= 4 is 0 Å². The van der Waals surface area contributed by atoms with Crippen LogP contribution in [0.1, 0.15) is 24.0 Å². The highest BCUT2D eigenvalue weighted by Gasteiger charge is 2.29. The summed E-state index contributed by atoms with van der Waals surface area (Å²) < 4.78 is 16.9. The van der Waals surface area contributed by atoms with Gasteiger partial charge in [0.25, 0.3) is 0 Å². The van der Waals surface area contributed by atoms with Gasteiger partial charge in [0.05, 0.1) is 25.9 Å². The van der Waals surface area contributed by atoms with Crippen LogP contribution in [0.2, 0.25) is 0 Å². The maximum absolute atomic E-state index is 9.93. The molecule has 1 aliphatic rings. The van der Waals surface area contributed by atoms with Gasteiger partial charge in [-0.25, -0.2) is 0 Å². The molecule has 1 saturated heterocycles. The molecule has 3 rings (SSSR count). The standard InChI is InChI=1S/C20H24O5/c1-23-17-8-6-14(7-9-17)10-15-4-2-3-5-19(15)25-20-12-16(22)11-18(13-21)24-20/h2-9,16,18,20-22H,10-13H2,1H3/t16-,18-,20?/m0/s1. The molecule has 2 aromatic rings. The molecule has 25 heavy (non-hydrogen) atoms. The number of aliphatic hydroxyl groups is 2. The van der Waals surface area contributed by atoms with Crippen molar-refractivity contribution in [3.8, 4) is 11.5 Å². The fraction of sp³-hybridized carbons (Fsp3) is 0.400. The molecule has 2 N–H and O–H groups in total. The van der Waals surface area contributed by atoms with Gasteiger partial charge in [-0.15, -0.1) is 0 Å². The topological polar surface area (TPSA) is 68.2 Å². The average molecular weight is 344 g/mol. The zero-order valence-corrected chi connectivity index (χ0v) is 14.3. The molecule has 0 aliphatic carbocycles. The maximum Gasteiger partial charge on any atom is 0.202 e. The van der Waals surface area contributed by atoms with E-state index >= 15 is 0 Å². The summed E-state index contributed by atoms with van der Waals surface area (Å²) in [5.74, 6) is 1.56. The first-order chi connectivity index (χ1) is 12.2. The molecule has 2 aromatic carbocycles. The molecular formula is C20H24O5. The van der Waals surface area contributed by atoms with Gasteiger partial charge in [0.2, 0.25) is 6.29 Å². The molecule has 1 fully saturated rings. The first-order valence-electron chi connectivity index (χ1n) is 8.50. The largest absolute Gasteiger partial charge is 0.497 e. The molecule has 1 aliphatic heterocycles. The number of rotatable bonds is 6. The van der Waals surface area contributed by atoms with Crippen molar-refractivity contribution in [3.05, 3.63) is 59.7 Å². The molecule has 0 amide bonds. The smallest absolute Gasteiger partial charge is 0.202 e. The lowest BCUT2D eigenvalue weighted by Gasteiger charge is -2.32. The fourth-order valence-electron chi connectivity index (χ4n) is 3.01. The Hall–Kier alpha value is -2.08. The van der Waals surface area contributed by atoms with Crippen molar-refractivity contribution in [2.24, 2.45) is 0 Å². The number of hydrogen-bond donors (Lipinski definition) is 2. The van der Waals surface area contributed by atoms with Crippen LogP contribution >= 0.6 is 0 Å². The van der Waals surface area contributed by atoms with Crippen molar-refractivity contribution < 1.29 is 24.4 Å². The van der Waals surface area contributed by atoms with E-state index in [0.717, 1.165) is 29.0 Å². The minimum absolute atomic E-state index is 0.121. The lowest BCUT2D eigenvalue weighted by atomic mass is 10.0. The quantitative estimate of drug-likeness (QED) is 0.843. The van der Waals surface area contributed by atoms with E-state index in [4.69, 9.17) is 14.2 Å². The van der Waals surface area contributed by atoms with Gasteiger partial charge in [-0.1, -0.05) is 30.3 Å².